The number of hydrogen-bond donors (Lipinski definition) is 1. The van der Waals surface area contributed by atoms with Gasteiger partial charge in [-0.25, -0.2) is 0 Å². The van der Waals surface area contributed by atoms with Crippen LogP contribution in [0, 0.1) is 0 Å². The molecule has 0 saturated carbocycles. The molecule has 2 N–H and O–H groups in total. The van der Waals surface area contributed by atoms with E-state index in [1.54, 1.807) is 0 Å². The molecule has 0 atom stereocenters. The van der Waals surface area contributed by atoms with Gasteiger partial charge in [-0.3, -0.25) is 4.90 Å². The molecule has 1 aliphatic rings. The van der Waals surface area contributed by atoms with E-state index in [0.29, 0.717) is 11.4 Å². The summed E-state index contributed by atoms with van der Waals surface area (Å²) in [6.45, 7) is 9.17. The zero-order valence-corrected chi connectivity index (χ0v) is 12.5. The molecule has 1 fully saturated rings. The normalized spacial score (nSPS) is 17.5. The molecule has 1 aromatic rings. The van der Waals surface area contributed by atoms with Crippen molar-refractivity contribution in [3.8, 4) is 0 Å². The Bertz CT molecular complexity index is 408. The molecule has 1 heterocycles. The fraction of sp³-hybridized carbons (Fsp3) is 0.533. The van der Waals surface area contributed by atoms with Crippen molar-refractivity contribution in [1.29, 1.82) is 0 Å². The summed E-state index contributed by atoms with van der Waals surface area (Å²) in [5, 5.41) is 0. The molecule has 1 aromatic carbocycles. The van der Waals surface area contributed by atoms with Gasteiger partial charge in [0.1, 0.15) is 0 Å². The van der Waals surface area contributed by atoms with Crippen LogP contribution in [0.25, 0.3) is 0 Å². The van der Waals surface area contributed by atoms with Crippen molar-refractivity contribution < 1.29 is 0 Å². The van der Waals surface area contributed by atoms with E-state index in [1.165, 1.54) is 43.9 Å². The maximum Gasteiger partial charge on any atom is 0.0771 e. The van der Waals surface area contributed by atoms with E-state index in [2.05, 4.69) is 41.0 Å². The van der Waals surface area contributed by atoms with E-state index in [0.717, 1.165) is 6.54 Å². The Morgan fingerprint density at radius 1 is 1.05 bits per heavy atom. The third-order valence-corrected chi connectivity index (χ3v) is 3.86. The SMILES string of the molecule is CCN1CCN(Cc2ccc(CC(N)=S)cc2)CC1. The Morgan fingerprint density at radius 3 is 2.11 bits per heavy atom. The van der Waals surface area contributed by atoms with Crippen LogP contribution in [0.3, 0.4) is 0 Å². The van der Waals surface area contributed by atoms with Gasteiger partial charge in [0.25, 0.3) is 0 Å². The number of likely N-dealkylation sites (N-methyl/N-ethyl adjacent to an activating group) is 1. The summed E-state index contributed by atoms with van der Waals surface area (Å²) in [6.07, 6.45) is 0.699. The van der Waals surface area contributed by atoms with Crippen LogP contribution in [0.4, 0.5) is 0 Å². The molecule has 3 nitrogen and oxygen atoms in total. The zero-order valence-electron chi connectivity index (χ0n) is 11.6. The van der Waals surface area contributed by atoms with Gasteiger partial charge in [-0.1, -0.05) is 43.4 Å². The fourth-order valence-corrected chi connectivity index (χ4v) is 2.65. The molecule has 0 aromatic heterocycles. The third-order valence-electron chi connectivity index (χ3n) is 3.72. The van der Waals surface area contributed by atoms with Crippen LogP contribution < -0.4 is 5.73 Å². The lowest BCUT2D eigenvalue weighted by Crippen LogP contribution is -2.45. The lowest BCUT2D eigenvalue weighted by Gasteiger charge is -2.34. The van der Waals surface area contributed by atoms with Crippen LogP contribution in [0.5, 0.6) is 0 Å². The topological polar surface area (TPSA) is 32.5 Å². The monoisotopic (exact) mass is 277 g/mol. The first-order chi connectivity index (χ1) is 9.17. The van der Waals surface area contributed by atoms with Crippen LogP contribution in [0.2, 0.25) is 0 Å². The van der Waals surface area contributed by atoms with E-state index < -0.39 is 0 Å². The van der Waals surface area contributed by atoms with Crippen LogP contribution >= 0.6 is 12.2 Å². The smallest absolute Gasteiger partial charge is 0.0771 e. The van der Waals surface area contributed by atoms with Crippen molar-refractivity contribution in [2.75, 3.05) is 32.7 Å². The van der Waals surface area contributed by atoms with Crippen LogP contribution in [-0.2, 0) is 13.0 Å². The van der Waals surface area contributed by atoms with Crippen molar-refractivity contribution >= 4 is 17.2 Å². The number of nitrogens with zero attached hydrogens (tertiary/aromatic N) is 2. The highest BCUT2D eigenvalue weighted by Gasteiger charge is 2.15. The highest BCUT2D eigenvalue weighted by Crippen LogP contribution is 2.10. The van der Waals surface area contributed by atoms with Crippen molar-refractivity contribution in [3.63, 3.8) is 0 Å². The minimum Gasteiger partial charge on any atom is -0.393 e. The summed E-state index contributed by atoms with van der Waals surface area (Å²) in [7, 11) is 0. The molecular weight excluding hydrogens is 254 g/mol. The number of thiocarbonyl (C=S) groups is 1. The van der Waals surface area contributed by atoms with Gasteiger partial charge < -0.3 is 10.6 Å². The molecule has 1 aliphatic heterocycles. The largest absolute Gasteiger partial charge is 0.393 e. The molecule has 0 radical (unpaired) electrons. The van der Waals surface area contributed by atoms with Gasteiger partial charge >= 0.3 is 0 Å². The molecule has 2 rings (SSSR count). The molecule has 0 amide bonds. The Labute approximate surface area is 121 Å². The summed E-state index contributed by atoms with van der Waals surface area (Å²) in [4.78, 5) is 5.58. The molecule has 4 heteroatoms. The molecule has 0 bridgehead atoms. The van der Waals surface area contributed by atoms with Gasteiger partial charge in [-0.15, -0.1) is 0 Å². The lowest BCUT2D eigenvalue weighted by atomic mass is 10.1. The second-order valence-electron chi connectivity index (χ2n) is 5.17. The maximum atomic E-state index is 5.56. The predicted octanol–water partition coefficient (Wildman–Crippen LogP) is 1.65. The van der Waals surface area contributed by atoms with E-state index in [-0.39, 0.29) is 0 Å². The number of nitrogens with two attached hydrogens (primary N) is 1. The summed E-state index contributed by atoms with van der Waals surface area (Å²) < 4.78 is 0. The Morgan fingerprint density at radius 2 is 1.58 bits per heavy atom. The summed E-state index contributed by atoms with van der Waals surface area (Å²) >= 11 is 4.93. The number of piperazine rings is 1. The van der Waals surface area contributed by atoms with Gasteiger partial charge in [0.15, 0.2) is 0 Å². The fourth-order valence-electron chi connectivity index (χ4n) is 2.49. The molecule has 104 valence electrons. The van der Waals surface area contributed by atoms with E-state index >= 15 is 0 Å². The zero-order chi connectivity index (χ0) is 13.7. The summed E-state index contributed by atoms with van der Waals surface area (Å²) in [5.74, 6) is 0. The van der Waals surface area contributed by atoms with E-state index in [4.69, 9.17) is 18.0 Å². The van der Waals surface area contributed by atoms with E-state index in [1.807, 2.05) is 0 Å². The van der Waals surface area contributed by atoms with Crippen molar-refractivity contribution in [2.45, 2.75) is 19.9 Å². The molecular formula is C15H23N3S. The van der Waals surface area contributed by atoms with Crippen molar-refractivity contribution in [1.82, 2.24) is 9.80 Å². The lowest BCUT2D eigenvalue weighted by molar-refractivity contribution is 0.132. The van der Waals surface area contributed by atoms with Gasteiger partial charge in [0.2, 0.25) is 0 Å². The molecule has 1 saturated heterocycles. The molecule has 19 heavy (non-hydrogen) atoms. The number of rotatable bonds is 5. The second-order valence-corrected chi connectivity index (χ2v) is 5.69. The standard InChI is InChI=1S/C15H23N3S/c1-2-17-7-9-18(10-8-17)12-14-5-3-13(4-6-14)11-15(16)19/h3-6H,2,7-12H2,1H3,(H2,16,19). The maximum absolute atomic E-state index is 5.56. The molecule has 0 spiro atoms. The predicted molar refractivity (Wildman–Crippen MR) is 84.3 cm³/mol. The first-order valence-electron chi connectivity index (χ1n) is 6.98. The average Bonchev–Trinajstić information content (AvgIpc) is 2.41. The summed E-state index contributed by atoms with van der Waals surface area (Å²) in [5.41, 5.74) is 8.13. The van der Waals surface area contributed by atoms with Crippen LogP contribution in [0.1, 0.15) is 18.1 Å². The minimum absolute atomic E-state index is 0.559. The highest BCUT2D eigenvalue weighted by molar-refractivity contribution is 7.80. The van der Waals surface area contributed by atoms with Crippen molar-refractivity contribution in [2.24, 2.45) is 5.73 Å². The van der Waals surface area contributed by atoms with Gasteiger partial charge in [-0.2, -0.15) is 0 Å². The number of hydrogen-bond acceptors (Lipinski definition) is 3. The first kappa shape index (κ1) is 14.4. The van der Waals surface area contributed by atoms with E-state index in [9.17, 15) is 0 Å². The third kappa shape index (κ3) is 4.56. The highest BCUT2D eigenvalue weighted by atomic mass is 32.1. The van der Waals surface area contributed by atoms with Crippen molar-refractivity contribution in [3.05, 3.63) is 35.4 Å². The minimum atomic E-state index is 0.559. The molecule has 0 unspecified atom stereocenters. The van der Waals surface area contributed by atoms with Crippen LogP contribution in [-0.4, -0.2) is 47.5 Å². The average molecular weight is 277 g/mol. The quantitative estimate of drug-likeness (QED) is 0.830. The Balaban J connectivity index is 1.84. The second kappa shape index (κ2) is 6.98. The number of benzene rings is 1. The molecule has 0 aliphatic carbocycles. The summed E-state index contributed by atoms with van der Waals surface area (Å²) in [6, 6.07) is 8.66. The van der Waals surface area contributed by atoms with Gasteiger partial charge in [0, 0.05) is 39.1 Å². The first-order valence-corrected chi connectivity index (χ1v) is 7.39. The Hall–Kier alpha value is -0.970. The van der Waals surface area contributed by atoms with Crippen LogP contribution in [0.15, 0.2) is 24.3 Å². The Kier molecular flexibility index (Phi) is 5.31. The van der Waals surface area contributed by atoms with Gasteiger partial charge in [-0.05, 0) is 17.7 Å². The van der Waals surface area contributed by atoms with Gasteiger partial charge in [0.05, 0.1) is 4.99 Å².